The largest absolute Gasteiger partial charge is 0.494 e. The molecule has 0 radical (unpaired) electrons. The molecule has 2 heterocycles. The summed E-state index contributed by atoms with van der Waals surface area (Å²) in [5.74, 6) is -1.22. The first-order chi connectivity index (χ1) is 9.04. The van der Waals surface area contributed by atoms with E-state index in [1.54, 1.807) is 11.0 Å². The van der Waals surface area contributed by atoms with Gasteiger partial charge in [-0.2, -0.15) is 0 Å². The monoisotopic (exact) mass is 264 g/mol. The molecule has 19 heavy (non-hydrogen) atoms. The molecule has 6 nitrogen and oxygen atoms in total. The number of aromatic nitrogens is 1. The predicted molar refractivity (Wildman–Crippen MR) is 67.0 cm³/mol. The van der Waals surface area contributed by atoms with Crippen molar-refractivity contribution >= 4 is 11.9 Å². The molecule has 2 atom stereocenters. The molecule has 102 valence electrons. The molecule has 1 fully saturated rings. The van der Waals surface area contributed by atoms with Gasteiger partial charge in [-0.3, -0.25) is 14.6 Å². The zero-order valence-corrected chi connectivity index (χ0v) is 10.9. The van der Waals surface area contributed by atoms with Crippen LogP contribution in [0.15, 0.2) is 18.5 Å². The van der Waals surface area contributed by atoms with E-state index in [9.17, 15) is 9.59 Å². The van der Waals surface area contributed by atoms with Crippen molar-refractivity contribution in [1.29, 1.82) is 0 Å². The number of carboxylic acid groups (broad SMARTS) is 1. The van der Waals surface area contributed by atoms with Crippen LogP contribution in [0.1, 0.15) is 17.3 Å². The van der Waals surface area contributed by atoms with Crippen molar-refractivity contribution in [3.8, 4) is 5.75 Å². The van der Waals surface area contributed by atoms with Gasteiger partial charge in [-0.1, -0.05) is 6.92 Å². The Morgan fingerprint density at radius 1 is 1.47 bits per heavy atom. The van der Waals surface area contributed by atoms with Crippen molar-refractivity contribution in [2.75, 3.05) is 20.2 Å². The highest BCUT2D eigenvalue weighted by atomic mass is 16.5. The fourth-order valence-corrected chi connectivity index (χ4v) is 2.34. The van der Waals surface area contributed by atoms with Gasteiger partial charge in [0.25, 0.3) is 5.91 Å². The van der Waals surface area contributed by atoms with Crippen LogP contribution in [0, 0.1) is 11.8 Å². The molecule has 1 N–H and O–H groups in total. The van der Waals surface area contributed by atoms with Crippen LogP contribution in [0.25, 0.3) is 0 Å². The van der Waals surface area contributed by atoms with Crippen molar-refractivity contribution < 1.29 is 19.4 Å². The third-order valence-electron chi connectivity index (χ3n) is 3.45. The summed E-state index contributed by atoms with van der Waals surface area (Å²) in [5, 5.41) is 9.08. The van der Waals surface area contributed by atoms with Gasteiger partial charge in [0.15, 0.2) is 0 Å². The zero-order chi connectivity index (χ0) is 14.0. The Hall–Kier alpha value is -2.11. The quantitative estimate of drug-likeness (QED) is 0.876. The first kappa shape index (κ1) is 13.3. The number of carboxylic acids is 1. The molecule has 1 saturated heterocycles. The van der Waals surface area contributed by atoms with E-state index in [1.165, 1.54) is 19.5 Å². The lowest BCUT2D eigenvalue weighted by molar-refractivity contribution is -0.142. The molecule has 0 spiro atoms. The molecule has 2 rings (SSSR count). The molecule has 1 aliphatic heterocycles. The van der Waals surface area contributed by atoms with Gasteiger partial charge >= 0.3 is 5.97 Å². The summed E-state index contributed by atoms with van der Waals surface area (Å²) in [7, 11) is 1.47. The fourth-order valence-electron chi connectivity index (χ4n) is 2.34. The van der Waals surface area contributed by atoms with Crippen LogP contribution in [-0.2, 0) is 4.79 Å². The van der Waals surface area contributed by atoms with Crippen LogP contribution in [0.5, 0.6) is 5.75 Å². The Morgan fingerprint density at radius 2 is 2.21 bits per heavy atom. The molecule has 1 aliphatic rings. The molecule has 1 amide bonds. The van der Waals surface area contributed by atoms with E-state index in [-0.39, 0.29) is 18.4 Å². The van der Waals surface area contributed by atoms with Crippen LogP contribution in [0.2, 0.25) is 0 Å². The lowest BCUT2D eigenvalue weighted by Gasteiger charge is -2.17. The molecular weight excluding hydrogens is 248 g/mol. The van der Waals surface area contributed by atoms with E-state index in [1.807, 2.05) is 6.92 Å². The van der Waals surface area contributed by atoms with Crippen molar-refractivity contribution in [3.05, 3.63) is 24.0 Å². The third kappa shape index (κ3) is 2.52. The zero-order valence-electron chi connectivity index (χ0n) is 10.9. The van der Waals surface area contributed by atoms with Gasteiger partial charge in [0, 0.05) is 19.3 Å². The molecule has 0 saturated carbocycles. The Labute approximate surface area is 111 Å². The van der Waals surface area contributed by atoms with E-state index >= 15 is 0 Å². The summed E-state index contributed by atoms with van der Waals surface area (Å²) in [4.78, 5) is 28.9. The topological polar surface area (TPSA) is 79.7 Å². The second kappa shape index (κ2) is 5.26. The lowest BCUT2D eigenvalue weighted by atomic mass is 9.99. The molecule has 0 aliphatic carbocycles. The first-order valence-electron chi connectivity index (χ1n) is 6.04. The van der Waals surface area contributed by atoms with E-state index in [0.29, 0.717) is 17.9 Å². The molecular formula is C13H16N2O4. The van der Waals surface area contributed by atoms with Gasteiger partial charge in [0.1, 0.15) is 5.75 Å². The lowest BCUT2D eigenvalue weighted by Crippen LogP contribution is -2.30. The highest BCUT2D eigenvalue weighted by Crippen LogP contribution is 2.26. The molecule has 0 aromatic carbocycles. The summed E-state index contributed by atoms with van der Waals surface area (Å²) in [5.41, 5.74) is 0.413. The summed E-state index contributed by atoms with van der Waals surface area (Å²) in [6, 6.07) is 1.58. The number of rotatable bonds is 3. The van der Waals surface area contributed by atoms with E-state index < -0.39 is 11.9 Å². The summed E-state index contributed by atoms with van der Waals surface area (Å²) in [6.07, 6.45) is 2.99. The number of nitrogens with zero attached hydrogens (tertiary/aromatic N) is 2. The van der Waals surface area contributed by atoms with Crippen molar-refractivity contribution in [1.82, 2.24) is 9.88 Å². The van der Waals surface area contributed by atoms with Crippen molar-refractivity contribution in [3.63, 3.8) is 0 Å². The van der Waals surface area contributed by atoms with Crippen molar-refractivity contribution in [2.45, 2.75) is 6.92 Å². The number of likely N-dealkylation sites (tertiary alicyclic amines) is 1. The number of ether oxygens (including phenoxy) is 1. The minimum atomic E-state index is -0.857. The van der Waals surface area contributed by atoms with Crippen LogP contribution < -0.4 is 4.74 Å². The number of carbonyl (C=O) groups excluding carboxylic acids is 1. The fraction of sp³-hybridized carbons (Fsp3) is 0.462. The van der Waals surface area contributed by atoms with Gasteiger partial charge in [-0.15, -0.1) is 0 Å². The number of hydrogen-bond acceptors (Lipinski definition) is 4. The maximum absolute atomic E-state index is 12.4. The van der Waals surface area contributed by atoms with Crippen molar-refractivity contribution in [2.24, 2.45) is 11.8 Å². The highest BCUT2D eigenvalue weighted by Gasteiger charge is 2.37. The summed E-state index contributed by atoms with van der Waals surface area (Å²) in [6.45, 7) is 2.53. The average molecular weight is 264 g/mol. The highest BCUT2D eigenvalue weighted by molar-refractivity contribution is 5.97. The van der Waals surface area contributed by atoms with Gasteiger partial charge in [0.2, 0.25) is 0 Å². The Kier molecular flexibility index (Phi) is 3.69. The SMILES string of the molecule is COc1cnccc1C(=O)N1C[C@@H](C)[C@H](C(=O)O)C1. The summed E-state index contributed by atoms with van der Waals surface area (Å²) >= 11 is 0. The van der Waals surface area contributed by atoms with Gasteiger partial charge < -0.3 is 14.7 Å². The summed E-state index contributed by atoms with van der Waals surface area (Å²) < 4.78 is 5.10. The van der Waals surface area contributed by atoms with Crippen LogP contribution >= 0.6 is 0 Å². The number of pyridine rings is 1. The Bertz CT molecular complexity index is 503. The first-order valence-corrected chi connectivity index (χ1v) is 6.04. The smallest absolute Gasteiger partial charge is 0.308 e. The average Bonchev–Trinajstić information content (AvgIpc) is 2.80. The van der Waals surface area contributed by atoms with E-state index in [4.69, 9.17) is 9.84 Å². The molecule has 6 heteroatoms. The molecule has 1 aromatic rings. The van der Waals surface area contributed by atoms with Crippen LogP contribution in [-0.4, -0.2) is 47.1 Å². The van der Waals surface area contributed by atoms with E-state index in [2.05, 4.69) is 4.98 Å². The Morgan fingerprint density at radius 3 is 2.79 bits per heavy atom. The standard InChI is InChI=1S/C13H16N2O4/c1-8-6-15(7-10(8)13(17)18)12(16)9-3-4-14-5-11(9)19-2/h3-5,8,10H,6-7H2,1-2H3,(H,17,18)/t8-,10-/m1/s1. The van der Waals surface area contributed by atoms with Crippen LogP contribution in [0.3, 0.4) is 0 Å². The minimum Gasteiger partial charge on any atom is -0.494 e. The van der Waals surface area contributed by atoms with Gasteiger partial charge in [-0.05, 0) is 12.0 Å². The number of aliphatic carboxylic acids is 1. The van der Waals surface area contributed by atoms with Crippen LogP contribution in [0.4, 0.5) is 0 Å². The minimum absolute atomic E-state index is 0.0470. The number of methoxy groups -OCH3 is 1. The maximum atomic E-state index is 12.4. The second-order valence-electron chi connectivity index (χ2n) is 4.71. The maximum Gasteiger partial charge on any atom is 0.308 e. The molecule has 1 aromatic heterocycles. The Balaban J connectivity index is 2.19. The molecule has 0 bridgehead atoms. The number of carbonyl (C=O) groups is 2. The second-order valence-corrected chi connectivity index (χ2v) is 4.71. The number of amides is 1. The normalized spacial score (nSPS) is 22.3. The van der Waals surface area contributed by atoms with Gasteiger partial charge in [-0.25, -0.2) is 0 Å². The van der Waals surface area contributed by atoms with E-state index in [0.717, 1.165) is 0 Å². The number of hydrogen-bond donors (Lipinski definition) is 1. The predicted octanol–water partition coefficient (Wildman–Crippen LogP) is 0.883. The third-order valence-corrected chi connectivity index (χ3v) is 3.45. The molecule has 0 unspecified atom stereocenters. The van der Waals surface area contributed by atoms with Gasteiger partial charge in [0.05, 0.1) is 24.8 Å².